The standard InChI is InChI=1S/C29H43ClN4O2/c1-19-20(2)27(36-15-7-6-14-33(4)5)11-10-26(19)21(3)34-24-8-9-25(34)18-23(17-24)32-29(35)22-12-13-31-28(30)16-22/h10-13,16,21,23-25,28,31H,6-9,14-15,17-18H2,1-5H3,(H,32,35). The van der Waals surface area contributed by atoms with Crippen molar-refractivity contribution in [3.63, 3.8) is 0 Å². The minimum atomic E-state index is -0.332. The molecule has 4 rings (SSSR count). The number of hydrogen-bond acceptors (Lipinski definition) is 5. The Bertz CT molecular complexity index is 978. The summed E-state index contributed by atoms with van der Waals surface area (Å²) in [4.78, 5) is 17.7. The fraction of sp³-hybridized carbons (Fsp3) is 0.621. The van der Waals surface area contributed by atoms with Gasteiger partial charge >= 0.3 is 0 Å². The molecule has 6 nitrogen and oxygen atoms in total. The number of carbonyl (C=O) groups excluding carboxylic acids is 1. The predicted octanol–water partition coefficient (Wildman–Crippen LogP) is 4.80. The summed E-state index contributed by atoms with van der Waals surface area (Å²) in [6.07, 6.45) is 11.9. The van der Waals surface area contributed by atoms with Crippen LogP contribution >= 0.6 is 11.6 Å². The van der Waals surface area contributed by atoms with Crippen LogP contribution in [0.5, 0.6) is 5.75 Å². The van der Waals surface area contributed by atoms with Crippen molar-refractivity contribution in [2.24, 2.45) is 0 Å². The smallest absolute Gasteiger partial charge is 0.251 e. The number of alkyl halides is 1. The van der Waals surface area contributed by atoms with Gasteiger partial charge in [-0.25, -0.2) is 0 Å². The maximum atomic E-state index is 12.8. The molecule has 0 aliphatic carbocycles. The van der Waals surface area contributed by atoms with Crippen LogP contribution in [0.4, 0.5) is 0 Å². The van der Waals surface area contributed by atoms with Crippen LogP contribution in [-0.2, 0) is 4.79 Å². The van der Waals surface area contributed by atoms with Crippen molar-refractivity contribution < 1.29 is 9.53 Å². The van der Waals surface area contributed by atoms with Gasteiger partial charge < -0.3 is 20.3 Å². The molecule has 3 aliphatic heterocycles. The summed E-state index contributed by atoms with van der Waals surface area (Å²) in [7, 11) is 4.22. The molecule has 0 aromatic heterocycles. The molecule has 3 heterocycles. The lowest BCUT2D eigenvalue weighted by Gasteiger charge is -2.43. The van der Waals surface area contributed by atoms with Gasteiger partial charge in [0.2, 0.25) is 0 Å². The Kier molecular flexibility index (Phi) is 9.02. The molecular weight excluding hydrogens is 472 g/mol. The van der Waals surface area contributed by atoms with Crippen molar-refractivity contribution in [3.05, 3.63) is 52.7 Å². The van der Waals surface area contributed by atoms with Gasteiger partial charge in [0.1, 0.15) is 11.3 Å². The molecule has 1 amide bonds. The second-order valence-corrected chi connectivity index (χ2v) is 11.4. The number of fused-ring (bicyclic) bond motifs is 2. The largest absolute Gasteiger partial charge is 0.493 e. The number of dihydropyridines is 1. The van der Waals surface area contributed by atoms with E-state index in [0.717, 1.165) is 44.6 Å². The van der Waals surface area contributed by atoms with Crippen LogP contribution in [0.15, 0.2) is 36.1 Å². The monoisotopic (exact) mass is 514 g/mol. The van der Waals surface area contributed by atoms with E-state index < -0.39 is 0 Å². The first kappa shape index (κ1) is 27.0. The van der Waals surface area contributed by atoms with Crippen LogP contribution in [0.3, 0.4) is 0 Å². The average molecular weight is 515 g/mol. The molecule has 0 saturated carbocycles. The average Bonchev–Trinajstić information content (AvgIpc) is 3.11. The van der Waals surface area contributed by atoms with E-state index in [4.69, 9.17) is 16.3 Å². The fourth-order valence-corrected chi connectivity index (χ4v) is 6.38. The molecule has 4 atom stereocenters. The van der Waals surface area contributed by atoms with Crippen LogP contribution in [-0.4, -0.2) is 66.6 Å². The van der Waals surface area contributed by atoms with Crippen LogP contribution in [0.25, 0.3) is 0 Å². The molecule has 1 aromatic rings. The highest BCUT2D eigenvalue weighted by Gasteiger charge is 2.43. The summed E-state index contributed by atoms with van der Waals surface area (Å²) in [6, 6.07) is 5.99. The van der Waals surface area contributed by atoms with Gasteiger partial charge in [-0.3, -0.25) is 9.69 Å². The molecule has 2 fully saturated rings. The third kappa shape index (κ3) is 6.27. The Morgan fingerprint density at radius 1 is 1.19 bits per heavy atom. The maximum Gasteiger partial charge on any atom is 0.251 e. The molecule has 2 N–H and O–H groups in total. The van der Waals surface area contributed by atoms with E-state index in [2.05, 4.69) is 67.4 Å². The van der Waals surface area contributed by atoms with Gasteiger partial charge in [0.05, 0.1) is 6.61 Å². The first-order valence-corrected chi connectivity index (χ1v) is 13.9. The van der Waals surface area contributed by atoms with Gasteiger partial charge in [-0.15, -0.1) is 0 Å². The molecule has 0 radical (unpaired) electrons. The molecule has 36 heavy (non-hydrogen) atoms. The van der Waals surface area contributed by atoms with Crippen LogP contribution in [0.2, 0.25) is 0 Å². The number of unbranched alkanes of at least 4 members (excludes halogenated alkanes) is 1. The summed E-state index contributed by atoms with van der Waals surface area (Å²) in [6.45, 7) is 8.63. The number of amides is 1. The Hall–Kier alpha value is -2.02. The zero-order valence-electron chi connectivity index (χ0n) is 22.5. The normalized spacial score (nSPS) is 26.5. The number of nitrogens with zero attached hydrogens (tertiary/aromatic N) is 2. The first-order valence-electron chi connectivity index (χ1n) is 13.5. The number of halogens is 1. The quantitative estimate of drug-likeness (QED) is 0.267. The second kappa shape index (κ2) is 12.0. The zero-order chi connectivity index (χ0) is 25.8. The Labute approximate surface area is 222 Å². The Balaban J connectivity index is 1.36. The maximum absolute atomic E-state index is 12.8. The first-order chi connectivity index (χ1) is 17.2. The third-order valence-corrected chi connectivity index (χ3v) is 8.42. The molecule has 0 spiro atoms. The summed E-state index contributed by atoms with van der Waals surface area (Å²) in [5.41, 5.74) is 4.29. The van der Waals surface area contributed by atoms with Crippen molar-refractivity contribution in [1.82, 2.24) is 20.4 Å². The summed E-state index contributed by atoms with van der Waals surface area (Å²) in [5, 5.41) is 6.25. The number of carbonyl (C=O) groups is 1. The van der Waals surface area contributed by atoms with Crippen molar-refractivity contribution in [1.29, 1.82) is 0 Å². The molecule has 2 bridgehead atoms. The highest BCUT2D eigenvalue weighted by atomic mass is 35.5. The topological polar surface area (TPSA) is 56.8 Å². The number of rotatable bonds is 10. The lowest BCUT2D eigenvalue weighted by molar-refractivity contribution is -0.118. The zero-order valence-corrected chi connectivity index (χ0v) is 23.3. The summed E-state index contributed by atoms with van der Waals surface area (Å²) in [5.74, 6) is 0.992. The van der Waals surface area contributed by atoms with Gasteiger partial charge in [-0.2, -0.15) is 0 Å². The van der Waals surface area contributed by atoms with Gasteiger partial charge in [0.25, 0.3) is 5.91 Å². The molecule has 1 aromatic carbocycles. The van der Waals surface area contributed by atoms with Crippen LogP contribution in [0, 0.1) is 13.8 Å². The van der Waals surface area contributed by atoms with Crippen molar-refractivity contribution >= 4 is 17.5 Å². The fourth-order valence-electron chi connectivity index (χ4n) is 6.17. The summed E-state index contributed by atoms with van der Waals surface area (Å²) >= 11 is 6.11. The molecule has 3 aliphatic rings. The van der Waals surface area contributed by atoms with Gasteiger partial charge in [0.15, 0.2) is 0 Å². The third-order valence-electron chi connectivity index (χ3n) is 8.17. The lowest BCUT2D eigenvalue weighted by Crippen LogP contribution is -2.51. The van der Waals surface area contributed by atoms with E-state index in [-0.39, 0.29) is 17.5 Å². The summed E-state index contributed by atoms with van der Waals surface area (Å²) < 4.78 is 6.15. The number of benzene rings is 1. The van der Waals surface area contributed by atoms with Crippen molar-refractivity contribution in [3.8, 4) is 5.75 Å². The van der Waals surface area contributed by atoms with Gasteiger partial charge in [-0.1, -0.05) is 17.7 Å². The van der Waals surface area contributed by atoms with Crippen LogP contribution < -0.4 is 15.4 Å². The van der Waals surface area contributed by atoms with Gasteiger partial charge in [-0.05, 0) is 121 Å². The lowest BCUT2D eigenvalue weighted by atomic mass is 9.91. The van der Waals surface area contributed by atoms with E-state index in [1.165, 1.54) is 29.5 Å². The van der Waals surface area contributed by atoms with E-state index in [9.17, 15) is 4.79 Å². The molecule has 7 heteroatoms. The predicted molar refractivity (Wildman–Crippen MR) is 147 cm³/mol. The minimum Gasteiger partial charge on any atom is -0.493 e. The van der Waals surface area contributed by atoms with Gasteiger partial charge in [0, 0.05) is 29.7 Å². The molecule has 198 valence electrons. The highest BCUT2D eigenvalue weighted by Crippen LogP contribution is 2.43. The van der Waals surface area contributed by atoms with Crippen LogP contribution in [0.1, 0.15) is 68.2 Å². The van der Waals surface area contributed by atoms with Crippen molar-refractivity contribution in [2.75, 3.05) is 27.2 Å². The Morgan fingerprint density at radius 2 is 1.92 bits per heavy atom. The van der Waals surface area contributed by atoms with E-state index in [1.807, 2.05) is 0 Å². The van der Waals surface area contributed by atoms with E-state index >= 15 is 0 Å². The number of hydrogen-bond donors (Lipinski definition) is 2. The van der Waals surface area contributed by atoms with Crippen molar-refractivity contribution in [2.45, 2.75) is 89.0 Å². The molecular formula is C29H43ClN4O2. The number of nitrogens with one attached hydrogen (secondary N) is 2. The van der Waals surface area contributed by atoms with E-state index in [1.54, 1.807) is 18.4 Å². The SMILES string of the molecule is Cc1c(OCCCCN(C)C)ccc(C(C)N2C3CCC2CC(NC(=O)C2=CC(Cl)NC=C2)C3)c1C. The highest BCUT2D eigenvalue weighted by molar-refractivity contribution is 6.22. The Morgan fingerprint density at radius 3 is 2.58 bits per heavy atom. The van der Waals surface area contributed by atoms with E-state index in [0.29, 0.717) is 23.7 Å². The molecule has 4 unspecified atom stereocenters. The second-order valence-electron chi connectivity index (χ2n) is 10.9. The molecule has 2 saturated heterocycles. The number of ether oxygens (including phenoxy) is 1. The number of piperidine rings is 1. The minimum absolute atomic E-state index is 0.0203.